The van der Waals surface area contributed by atoms with E-state index in [1.165, 1.54) is 16.9 Å². The van der Waals surface area contributed by atoms with E-state index < -0.39 is 5.97 Å². The Hall–Kier alpha value is -2.37. The number of esters is 1. The van der Waals surface area contributed by atoms with Crippen molar-refractivity contribution in [3.05, 3.63) is 29.8 Å². The van der Waals surface area contributed by atoms with Crippen molar-refractivity contribution < 1.29 is 19.1 Å². The van der Waals surface area contributed by atoms with Crippen LogP contribution in [0.4, 0.5) is 5.69 Å². The fourth-order valence-electron chi connectivity index (χ4n) is 1.96. The molecule has 0 saturated heterocycles. The number of fused-ring (bicyclic) bond motifs is 1. The number of hydrogen-bond donors (Lipinski definition) is 0. The van der Waals surface area contributed by atoms with Crippen molar-refractivity contribution in [3.8, 4) is 0 Å². The van der Waals surface area contributed by atoms with Crippen LogP contribution in [0.25, 0.3) is 0 Å². The Morgan fingerprint density at radius 1 is 1.32 bits per heavy atom. The van der Waals surface area contributed by atoms with Crippen LogP contribution in [0.1, 0.15) is 10.4 Å². The van der Waals surface area contributed by atoms with Gasteiger partial charge in [-0.3, -0.25) is 19.3 Å². The molecule has 6 heteroatoms. The Morgan fingerprint density at radius 3 is 2.68 bits per heavy atom. The minimum atomic E-state index is -0.528. The molecular weight excluding hydrogens is 248 g/mol. The van der Waals surface area contributed by atoms with Crippen molar-refractivity contribution in [2.45, 2.75) is 0 Å². The number of carbonyl (C=O) groups is 3. The molecule has 0 fully saturated rings. The number of para-hydroxylation sites is 1. The molecule has 0 radical (unpaired) electrons. The van der Waals surface area contributed by atoms with Gasteiger partial charge >= 0.3 is 5.97 Å². The SMILES string of the molecule is COC(=O)CN1C(=O)CN(C)C(=O)c2ccccc21. The summed E-state index contributed by atoms with van der Waals surface area (Å²) in [5, 5.41) is 0. The Bertz CT molecular complexity index is 541. The average molecular weight is 262 g/mol. The van der Waals surface area contributed by atoms with Gasteiger partial charge in [-0.05, 0) is 12.1 Å². The highest BCUT2D eigenvalue weighted by atomic mass is 16.5. The molecule has 0 spiro atoms. The third kappa shape index (κ3) is 2.42. The maximum absolute atomic E-state index is 12.1. The van der Waals surface area contributed by atoms with Crippen LogP contribution in [0, 0.1) is 0 Å². The molecule has 0 aliphatic carbocycles. The number of likely N-dealkylation sites (N-methyl/N-ethyl adjacent to an activating group) is 1. The Balaban J connectivity index is 2.47. The molecule has 0 saturated carbocycles. The molecule has 100 valence electrons. The molecule has 2 amide bonds. The highest BCUT2D eigenvalue weighted by molar-refractivity contribution is 6.10. The molecular formula is C13H14N2O4. The Kier molecular flexibility index (Phi) is 3.50. The molecule has 1 heterocycles. The number of nitrogens with zero attached hydrogens (tertiary/aromatic N) is 2. The predicted octanol–water partition coefficient (Wildman–Crippen LogP) is 0.278. The van der Waals surface area contributed by atoms with E-state index in [0.29, 0.717) is 11.3 Å². The smallest absolute Gasteiger partial charge is 0.325 e. The molecule has 1 aliphatic rings. The molecule has 0 aromatic heterocycles. The molecule has 1 aromatic rings. The second kappa shape index (κ2) is 5.09. The second-order valence-electron chi connectivity index (χ2n) is 4.23. The first-order valence-electron chi connectivity index (χ1n) is 5.76. The molecule has 1 aliphatic heterocycles. The normalized spacial score (nSPS) is 15.1. The van der Waals surface area contributed by atoms with Gasteiger partial charge in [0.05, 0.1) is 18.4 Å². The quantitative estimate of drug-likeness (QED) is 0.718. The number of amides is 2. The highest BCUT2D eigenvalue weighted by Gasteiger charge is 2.30. The zero-order chi connectivity index (χ0) is 14.0. The lowest BCUT2D eigenvalue weighted by Crippen LogP contribution is -2.40. The highest BCUT2D eigenvalue weighted by Crippen LogP contribution is 2.24. The Morgan fingerprint density at radius 2 is 2.00 bits per heavy atom. The van der Waals surface area contributed by atoms with Crippen molar-refractivity contribution in [3.63, 3.8) is 0 Å². The lowest BCUT2D eigenvalue weighted by Gasteiger charge is -2.20. The molecule has 6 nitrogen and oxygen atoms in total. The summed E-state index contributed by atoms with van der Waals surface area (Å²) in [5.74, 6) is -1.08. The fourth-order valence-corrected chi connectivity index (χ4v) is 1.96. The van der Waals surface area contributed by atoms with Gasteiger partial charge in [-0.25, -0.2) is 0 Å². The predicted molar refractivity (Wildman–Crippen MR) is 67.8 cm³/mol. The van der Waals surface area contributed by atoms with Crippen LogP contribution in [0.5, 0.6) is 0 Å². The van der Waals surface area contributed by atoms with Gasteiger partial charge < -0.3 is 9.64 Å². The molecule has 2 rings (SSSR count). The van der Waals surface area contributed by atoms with Gasteiger partial charge in [-0.2, -0.15) is 0 Å². The molecule has 0 bridgehead atoms. The zero-order valence-electron chi connectivity index (χ0n) is 10.8. The summed E-state index contributed by atoms with van der Waals surface area (Å²) in [6, 6.07) is 6.72. The van der Waals surface area contributed by atoms with Gasteiger partial charge in [0, 0.05) is 7.05 Å². The number of hydrogen-bond acceptors (Lipinski definition) is 4. The molecule has 0 N–H and O–H groups in total. The van der Waals surface area contributed by atoms with E-state index in [-0.39, 0.29) is 24.9 Å². The molecule has 0 atom stereocenters. The van der Waals surface area contributed by atoms with Gasteiger partial charge in [-0.15, -0.1) is 0 Å². The number of rotatable bonds is 2. The molecule has 19 heavy (non-hydrogen) atoms. The van der Waals surface area contributed by atoms with Crippen LogP contribution in [0.15, 0.2) is 24.3 Å². The van der Waals surface area contributed by atoms with Gasteiger partial charge in [0.2, 0.25) is 5.91 Å². The van der Waals surface area contributed by atoms with Crippen LogP contribution in [-0.2, 0) is 14.3 Å². The first-order valence-corrected chi connectivity index (χ1v) is 5.76. The van der Waals surface area contributed by atoms with E-state index in [1.807, 2.05) is 0 Å². The lowest BCUT2D eigenvalue weighted by molar-refractivity contribution is -0.140. The van der Waals surface area contributed by atoms with Crippen LogP contribution in [0.2, 0.25) is 0 Å². The van der Waals surface area contributed by atoms with E-state index in [0.717, 1.165) is 0 Å². The third-order valence-corrected chi connectivity index (χ3v) is 2.96. The molecule has 0 unspecified atom stereocenters. The largest absolute Gasteiger partial charge is 0.468 e. The Labute approximate surface area is 110 Å². The van der Waals surface area contributed by atoms with E-state index in [4.69, 9.17) is 0 Å². The van der Waals surface area contributed by atoms with Crippen LogP contribution >= 0.6 is 0 Å². The van der Waals surface area contributed by atoms with Crippen molar-refractivity contribution in [2.75, 3.05) is 32.1 Å². The van der Waals surface area contributed by atoms with E-state index in [9.17, 15) is 14.4 Å². The van der Waals surface area contributed by atoms with Gasteiger partial charge in [0.25, 0.3) is 5.91 Å². The minimum Gasteiger partial charge on any atom is -0.468 e. The van der Waals surface area contributed by atoms with Crippen LogP contribution in [-0.4, -0.2) is 49.9 Å². The summed E-state index contributed by atoms with van der Waals surface area (Å²) < 4.78 is 4.58. The summed E-state index contributed by atoms with van der Waals surface area (Å²) in [4.78, 5) is 38.2. The van der Waals surface area contributed by atoms with Crippen LogP contribution in [0.3, 0.4) is 0 Å². The monoisotopic (exact) mass is 262 g/mol. The van der Waals surface area contributed by atoms with Crippen LogP contribution < -0.4 is 4.90 Å². The van der Waals surface area contributed by atoms with Gasteiger partial charge in [-0.1, -0.05) is 12.1 Å². The van der Waals surface area contributed by atoms with Gasteiger partial charge in [0.1, 0.15) is 13.1 Å². The topological polar surface area (TPSA) is 66.9 Å². The first kappa shape index (κ1) is 13.1. The zero-order valence-corrected chi connectivity index (χ0v) is 10.8. The number of anilines is 1. The second-order valence-corrected chi connectivity index (χ2v) is 4.23. The third-order valence-electron chi connectivity index (χ3n) is 2.96. The summed E-state index contributed by atoms with van der Waals surface area (Å²) >= 11 is 0. The summed E-state index contributed by atoms with van der Waals surface area (Å²) in [6.45, 7) is -0.266. The maximum atomic E-state index is 12.1. The number of ether oxygens (including phenoxy) is 1. The van der Waals surface area contributed by atoms with Crippen molar-refractivity contribution >= 4 is 23.5 Å². The lowest BCUT2D eigenvalue weighted by atomic mass is 10.1. The van der Waals surface area contributed by atoms with Crippen molar-refractivity contribution in [1.82, 2.24) is 4.90 Å². The maximum Gasteiger partial charge on any atom is 0.325 e. The number of methoxy groups -OCH3 is 1. The summed E-state index contributed by atoms with van der Waals surface area (Å²) in [6.07, 6.45) is 0. The average Bonchev–Trinajstić information content (AvgIpc) is 2.50. The number of benzene rings is 1. The first-order chi connectivity index (χ1) is 9.04. The standard InChI is InChI=1S/C13H14N2O4/c1-14-7-11(16)15(8-12(17)19-2)10-6-4-3-5-9(10)13(14)18/h3-6H,7-8H2,1-2H3. The van der Waals surface area contributed by atoms with E-state index in [2.05, 4.69) is 4.74 Å². The fraction of sp³-hybridized carbons (Fsp3) is 0.308. The van der Waals surface area contributed by atoms with E-state index in [1.54, 1.807) is 31.3 Å². The minimum absolute atomic E-state index is 0.0650. The van der Waals surface area contributed by atoms with E-state index >= 15 is 0 Å². The van der Waals surface area contributed by atoms with Crippen molar-refractivity contribution in [1.29, 1.82) is 0 Å². The van der Waals surface area contributed by atoms with Gasteiger partial charge in [0.15, 0.2) is 0 Å². The molecule has 1 aromatic carbocycles. The van der Waals surface area contributed by atoms with Crippen molar-refractivity contribution in [2.24, 2.45) is 0 Å². The summed E-state index contributed by atoms with van der Waals surface area (Å²) in [7, 11) is 2.81. The number of carbonyl (C=O) groups excluding carboxylic acids is 3. The summed E-state index contributed by atoms with van der Waals surface area (Å²) in [5.41, 5.74) is 0.840.